The zero-order valence-electron chi connectivity index (χ0n) is 18.2. The van der Waals surface area contributed by atoms with Crippen LogP contribution < -0.4 is 16.4 Å². The lowest BCUT2D eigenvalue weighted by Crippen LogP contribution is -2.58. The molecule has 7 N–H and O–H groups in total. The Kier molecular flexibility index (Phi) is 4.90. The first-order valence-corrected chi connectivity index (χ1v) is 12.2. The van der Waals surface area contributed by atoms with Crippen LogP contribution in [0.25, 0.3) is 0 Å². The van der Waals surface area contributed by atoms with Gasteiger partial charge in [-0.2, -0.15) is 13.4 Å². The van der Waals surface area contributed by atoms with Crippen molar-refractivity contribution in [1.29, 1.82) is 0 Å². The van der Waals surface area contributed by atoms with Crippen molar-refractivity contribution in [1.82, 2.24) is 0 Å². The number of aliphatic imine (C=N–C) groups is 2. The van der Waals surface area contributed by atoms with Gasteiger partial charge in [0.2, 0.25) is 11.9 Å². The molecule has 13 heteroatoms. The summed E-state index contributed by atoms with van der Waals surface area (Å²) in [4.78, 5) is 35.3. The number of ketones is 2. The summed E-state index contributed by atoms with van der Waals surface area (Å²) in [5, 5.41) is 22.0. The molecule has 0 aromatic heterocycles. The average Bonchev–Trinajstić information content (AvgIpc) is 2.78. The molecule has 2 aliphatic carbocycles. The quantitative estimate of drug-likeness (QED) is 0.318. The van der Waals surface area contributed by atoms with Crippen LogP contribution in [0.2, 0.25) is 0 Å². The van der Waals surface area contributed by atoms with Crippen LogP contribution in [0.15, 0.2) is 39.1 Å². The van der Waals surface area contributed by atoms with Gasteiger partial charge >= 0.3 is 10.1 Å². The van der Waals surface area contributed by atoms with Gasteiger partial charge in [-0.3, -0.25) is 19.0 Å². The minimum atomic E-state index is -5.28. The lowest BCUT2D eigenvalue weighted by molar-refractivity contribution is 0.0976. The second-order valence-corrected chi connectivity index (χ2v) is 9.98. The van der Waals surface area contributed by atoms with E-state index in [0.29, 0.717) is 25.7 Å². The maximum atomic E-state index is 13.7. The molecule has 2 aromatic rings. The highest BCUT2D eigenvalue weighted by molar-refractivity contribution is 7.86. The third-order valence-corrected chi connectivity index (χ3v) is 7.48. The number of carbonyl (C=O) groups is 2. The lowest BCUT2D eigenvalue weighted by Gasteiger charge is -2.46. The summed E-state index contributed by atoms with van der Waals surface area (Å²) in [6, 6.07) is 5.78. The van der Waals surface area contributed by atoms with Crippen molar-refractivity contribution < 1.29 is 32.8 Å². The zero-order chi connectivity index (χ0) is 25.3. The number of hydrogen-bond acceptors (Lipinski definition) is 11. The SMILES string of the molecule is NC1=NC2(CCCCC2)N(c2c(O)c(S(=O)(=O)O)c(O)c3c2C(=O)c2ccccc2C3=O)C(N)=N1. The first kappa shape index (κ1) is 22.8. The summed E-state index contributed by atoms with van der Waals surface area (Å²) in [7, 11) is -5.28. The molecule has 0 radical (unpaired) electrons. The molecule has 1 saturated carbocycles. The fourth-order valence-corrected chi connectivity index (χ4v) is 5.87. The van der Waals surface area contributed by atoms with E-state index in [2.05, 4.69) is 9.98 Å². The highest BCUT2D eigenvalue weighted by Crippen LogP contribution is 2.52. The molecule has 0 bridgehead atoms. The summed E-state index contributed by atoms with van der Waals surface area (Å²) < 4.78 is 34.3. The van der Waals surface area contributed by atoms with Crippen LogP contribution >= 0.6 is 0 Å². The maximum absolute atomic E-state index is 13.7. The van der Waals surface area contributed by atoms with E-state index in [1.165, 1.54) is 29.2 Å². The standard InChI is InChI=1S/C22H21N5O7S/c23-20-25-21(24)27(22(26-20)8-4-1-5-9-22)14-12-13(17(30)19(18(14)31)35(32,33)34)16(29)11-7-3-2-6-10(11)15(12)28/h2-3,6-7,30-31H,1,4-5,8-9H2,(H,32,33,34)(H4,23,24,25,26). The van der Waals surface area contributed by atoms with Gasteiger partial charge < -0.3 is 21.7 Å². The Morgan fingerprint density at radius 3 is 2.06 bits per heavy atom. The third-order valence-electron chi connectivity index (χ3n) is 6.58. The number of benzene rings is 2. The first-order chi connectivity index (χ1) is 16.5. The molecule has 12 nitrogen and oxygen atoms in total. The van der Waals surface area contributed by atoms with Crippen LogP contribution in [-0.2, 0) is 10.1 Å². The summed E-state index contributed by atoms with van der Waals surface area (Å²) in [6.45, 7) is 0. The van der Waals surface area contributed by atoms with Gasteiger partial charge in [-0.05, 0) is 25.7 Å². The Hall–Kier alpha value is -3.97. The summed E-state index contributed by atoms with van der Waals surface area (Å²) in [5.74, 6) is -4.49. The van der Waals surface area contributed by atoms with Crippen LogP contribution in [0.3, 0.4) is 0 Å². The fraction of sp³-hybridized carbons (Fsp3) is 0.273. The first-order valence-electron chi connectivity index (χ1n) is 10.8. The fourth-order valence-electron chi connectivity index (χ4n) is 5.19. The Morgan fingerprint density at radius 1 is 0.914 bits per heavy atom. The number of anilines is 1. The minimum absolute atomic E-state index is 0.0158. The normalized spacial score (nSPS) is 19.2. The largest absolute Gasteiger partial charge is 0.506 e. The van der Waals surface area contributed by atoms with Gasteiger partial charge in [-0.25, -0.2) is 4.99 Å². The smallest absolute Gasteiger partial charge is 0.302 e. The predicted molar refractivity (Wildman–Crippen MR) is 124 cm³/mol. The van der Waals surface area contributed by atoms with Crippen LogP contribution in [0.1, 0.15) is 63.9 Å². The number of rotatable bonds is 2. The second-order valence-electron chi connectivity index (χ2n) is 8.62. The van der Waals surface area contributed by atoms with Crippen molar-refractivity contribution in [3.63, 3.8) is 0 Å². The highest BCUT2D eigenvalue weighted by Gasteiger charge is 2.49. The van der Waals surface area contributed by atoms with Gasteiger partial charge in [0, 0.05) is 11.1 Å². The number of hydrogen-bond donors (Lipinski definition) is 5. The molecular formula is C22H21N5O7S. The number of carbonyl (C=O) groups excluding carboxylic acids is 2. The van der Waals surface area contributed by atoms with E-state index in [0.717, 1.165) is 6.42 Å². The average molecular weight is 500 g/mol. The number of phenols is 2. The van der Waals surface area contributed by atoms with E-state index in [4.69, 9.17) is 11.5 Å². The van der Waals surface area contributed by atoms with Crippen molar-refractivity contribution in [2.24, 2.45) is 21.5 Å². The number of phenolic OH excluding ortho intramolecular Hbond substituents is 2. The van der Waals surface area contributed by atoms with Crippen molar-refractivity contribution in [2.45, 2.75) is 42.7 Å². The Balaban J connectivity index is 1.93. The van der Waals surface area contributed by atoms with Crippen LogP contribution in [0.5, 0.6) is 11.5 Å². The van der Waals surface area contributed by atoms with E-state index in [1.807, 2.05) is 0 Å². The zero-order valence-corrected chi connectivity index (χ0v) is 19.0. The van der Waals surface area contributed by atoms with Gasteiger partial charge in [0.1, 0.15) is 11.4 Å². The molecule has 0 amide bonds. The lowest BCUT2D eigenvalue weighted by atomic mass is 9.80. The van der Waals surface area contributed by atoms with Crippen LogP contribution in [0.4, 0.5) is 5.69 Å². The van der Waals surface area contributed by atoms with Crippen molar-refractivity contribution in [2.75, 3.05) is 4.90 Å². The van der Waals surface area contributed by atoms with E-state index in [1.54, 1.807) is 0 Å². The van der Waals surface area contributed by atoms with Gasteiger partial charge in [0.05, 0.1) is 11.1 Å². The molecule has 1 spiro atoms. The Bertz CT molecular complexity index is 1490. The Labute approximate surface area is 199 Å². The molecule has 2 aromatic carbocycles. The summed E-state index contributed by atoms with van der Waals surface area (Å²) in [5.41, 5.74) is 9.09. The Morgan fingerprint density at radius 2 is 1.49 bits per heavy atom. The highest BCUT2D eigenvalue weighted by atomic mass is 32.2. The molecule has 1 fully saturated rings. The van der Waals surface area contributed by atoms with Crippen molar-refractivity contribution in [3.05, 3.63) is 46.5 Å². The maximum Gasteiger partial charge on any atom is 0.302 e. The number of nitrogens with two attached hydrogens (primary N) is 2. The van der Waals surface area contributed by atoms with Crippen molar-refractivity contribution in [3.8, 4) is 11.5 Å². The number of guanidine groups is 2. The second kappa shape index (κ2) is 7.52. The minimum Gasteiger partial charge on any atom is -0.506 e. The molecule has 1 heterocycles. The van der Waals surface area contributed by atoms with Gasteiger partial charge in [-0.1, -0.05) is 30.7 Å². The summed E-state index contributed by atoms with van der Waals surface area (Å²) >= 11 is 0. The molecule has 35 heavy (non-hydrogen) atoms. The number of fused-ring (bicyclic) bond motifs is 2. The summed E-state index contributed by atoms with van der Waals surface area (Å²) in [6.07, 6.45) is 2.92. The predicted octanol–water partition coefficient (Wildman–Crippen LogP) is 1.23. The van der Waals surface area contributed by atoms with E-state index in [-0.39, 0.29) is 23.0 Å². The third kappa shape index (κ3) is 3.19. The molecule has 3 aliphatic rings. The molecule has 0 unspecified atom stereocenters. The van der Waals surface area contributed by atoms with E-state index in [9.17, 15) is 32.8 Å². The van der Waals surface area contributed by atoms with E-state index < -0.39 is 60.6 Å². The van der Waals surface area contributed by atoms with Gasteiger partial charge in [0.25, 0.3) is 0 Å². The molecule has 0 atom stereocenters. The van der Waals surface area contributed by atoms with Gasteiger partial charge in [0.15, 0.2) is 28.0 Å². The number of aromatic hydroxyl groups is 2. The van der Waals surface area contributed by atoms with Crippen LogP contribution in [-0.4, -0.2) is 52.3 Å². The van der Waals surface area contributed by atoms with Crippen molar-refractivity contribution >= 4 is 39.3 Å². The topological polar surface area (TPSA) is 209 Å². The van der Waals surface area contributed by atoms with Crippen LogP contribution in [0, 0.1) is 0 Å². The van der Waals surface area contributed by atoms with Gasteiger partial charge in [-0.15, -0.1) is 0 Å². The molecule has 1 aliphatic heterocycles. The molecular weight excluding hydrogens is 478 g/mol. The number of nitrogens with zero attached hydrogens (tertiary/aromatic N) is 3. The monoisotopic (exact) mass is 499 g/mol. The molecule has 5 rings (SSSR count). The van der Waals surface area contributed by atoms with E-state index >= 15 is 0 Å². The molecule has 0 saturated heterocycles. The molecule has 182 valence electrons.